The van der Waals surface area contributed by atoms with Gasteiger partial charge in [-0.05, 0) is 37.5 Å². The van der Waals surface area contributed by atoms with Crippen molar-refractivity contribution >= 4 is 39.5 Å². The van der Waals surface area contributed by atoms with Crippen LogP contribution in [0.2, 0.25) is 0 Å². The maximum absolute atomic E-state index is 13.1. The van der Waals surface area contributed by atoms with Gasteiger partial charge in [0.2, 0.25) is 0 Å². The molecule has 0 amide bonds. The Hall–Kier alpha value is -1.94. The van der Waals surface area contributed by atoms with E-state index in [0.29, 0.717) is 25.7 Å². The first-order valence-corrected chi connectivity index (χ1v) is 44.0. The molecule has 0 aromatic rings. The number of rotatable bonds is 78. The van der Waals surface area contributed by atoms with Gasteiger partial charge in [0.15, 0.2) is 12.2 Å². The molecule has 0 radical (unpaired) electrons. The van der Waals surface area contributed by atoms with Crippen LogP contribution in [0.25, 0.3) is 0 Å². The van der Waals surface area contributed by atoms with Crippen molar-refractivity contribution in [3.05, 3.63) is 0 Å². The third kappa shape index (κ3) is 71.1. The number of unbranched alkanes of at least 4 members (excludes halogenated alkanes) is 47. The third-order valence-electron chi connectivity index (χ3n) is 18.8. The van der Waals surface area contributed by atoms with E-state index < -0.39 is 97.5 Å². The van der Waals surface area contributed by atoms with E-state index in [1.54, 1.807) is 0 Å². The highest BCUT2D eigenvalue weighted by molar-refractivity contribution is 7.47. The van der Waals surface area contributed by atoms with Crippen molar-refractivity contribution in [3.8, 4) is 0 Å². The normalized spacial score (nSPS) is 14.2. The number of esters is 4. The second kappa shape index (κ2) is 70.7. The van der Waals surface area contributed by atoms with Crippen LogP contribution in [0.15, 0.2) is 0 Å². The fourth-order valence-corrected chi connectivity index (χ4v) is 13.7. The van der Waals surface area contributed by atoms with E-state index in [9.17, 15) is 43.2 Å². The Bertz CT molecular complexity index is 1890. The van der Waals surface area contributed by atoms with Gasteiger partial charge < -0.3 is 33.8 Å². The maximum Gasteiger partial charge on any atom is 0.472 e. The molecule has 98 heavy (non-hydrogen) atoms. The quantitative estimate of drug-likeness (QED) is 0.0222. The molecule has 0 spiro atoms. The number of phosphoric acid groups is 2. The Morgan fingerprint density at radius 1 is 0.296 bits per heavy atom. The summed E-state index contributed by atoms with van der Waals surface area (Å²) < 4.78 is 68.6. The molecule has 0 aliphatic rings. The molecule has 0 saturated carbocycles. The molecule has 19 heteroatoms. The van der Waals surface area contributed by atoms with Gasteiger partial charge in [-0.1, -0.05) is 363 Å². The van der Waals surface area contributed by atoms with Gasteiger partial charge in [-0.2, -0.15) is 0 Å². The van der Waals surface area contributed by atoms with Crippen LogP contribution in [0.4, 0.5) is 0 Å². The van der Waals surface area contributed by atoms with E-state index in [0.717, 1.165) is 108 Å². The lowest BCUT2D eigenvalue weighted by molar-refractivity contribution is -0.161. The van der Waals surface area contributed by atoms with Gasteiger partial charge in [-0.25, -0.2) is 9.13 Å². The highest BCUT2D eigenvalue weighted by Gasteiger charge is 2.30. The molecule has 0 fully saturated rings. The lowest BCUT2D eigenvalue weighted by Gasteiger charge is -2.21. The number of aliphatic hydroxyl groups excluding tert-OH is 1. The molecule has 6 atom stereocenters. The summed E-state index contributed by atoms with van der Waals surface area (Å²) in [6, 6.07) is 0. The van der Waals surface area contributed by atoms with E-state index in [2.05, 4.69) is 41.5 Å². The smallest absolute Gasteiger partial charge is 0.462 e. The molecule has 0 bridgehead atoms. The second-order valence-electron chi connectivity index (χ2n) is 29.2. The fraction of sp³-hybridized carbons (Fsp3) is 0.949. The Morgan fingerprint density at radius 3 is 0.776 bits per heavy atom. The SMILES string of the molecule is CCCCCCCCCCCCCCCCCCCCCCCCC(=O)O[C@H](COC(=O)CCCCCCCCCCCCC(C)C)COP(=O)(O)OC[C@@H](O)COP(=O)(O)OC[C@@H](COC(=O)CCCCCCCCC(C)CC)OC(=O)CCCCCCCCCCCCCCC. The van der Waals surface area contributed by atoms with Crippen molar-refractivity contribution in [2.24, 2.45) is 11.8 Å². The molecule has 0 rings (SSSR count). The number of carbonyl (C=O) groups is 4. The second-order valence-corrected chi connectivity index (χ2v) is 32.1. The summed E-state index contributed by atoms with van der Waals surface area (Å²) >= 11 is 0. The Kier molecular flexibility index (Phi) is 69.3. The van der Waals surface area contributed by atoms with Crippen LogP contribution in [0.1, 0.15) is 414 Å². The molecule has 0 aromatic heterocycles. The molecule has 3 unspecified atom stereocenters. The summed E-state index contributed by atoms with van der Waals surface area (Å²) in [6.07, 6.45) is 59.8. The number of carbonyl (C=O) groups excluding carboxylic acids is 4. The van der Waals surface area contributed by atoms with Crippen LogP contribution in [0.3, 0.4) is 0 Å². The van der Waals surface area contributed by atoms with Gasteiger partial charge >= 0.3 is 39.5 Å². The highest BCUT2D eigenvalue weighted by Crippen LogP contribution is 2.45. The predicted octanol–water partition coefficient (Wildman–Crippen LogP) is 23.5. The lowest BCUT2D eigenvalue weighted by atomic mass is 10.00. The number of phosphoric ester groups is 2. The van der Waals surface area contributed by atoms with Gasteiger partial charge in [0.05, 0.1) is 26.4 Å². The Balaban J connectivity index is 5.19. The standard InChI is InChI=1S/C79H154O17P2/c1-7-10-12-14-16-18-20-22-23-24-25-26-27-28-29-30-32-34-40-44-52-58-64-78(83)95-74(67-89-76(81)61-55-49-42-38-36-35-37-41-47-53-59-71(4)5)69-93-97(85,86)91-65-73(80)66-92-98(87,88)94-70-75(68-90-77(82)62-56-50-46-45-48-54-60-72(6)9-3)96-79(84)63-57-51-43-39-33-31-21-19-17-15-13-11-8-2/h71-75,80H,7-70H2,1-6H3,(H,85,86)(H,87,88)/t72?,73-,74-,75-/m1/s1. The van der Waals surface area contributed by atoms with E-state index in [-0.39, 0.29) is 25.7 Å². The zero-order valence-electron chi connectivity index (χ0n) is 64.1. The number of hydrogen-bond donors (Lipinski definition) is 3. The van der Waals surface area contributed by atoms with E-state index >= 15 is 0 Å². The van der Waals surface area contributed by atoms with Gasteiger partial charge in [0, 0.05) is 25.7 Å². The predicted molar refractivity (Wildman–Crippen MR) is 400 cm³/mol. The lowest BCUT2D eigenvalue weighted by Crippen LogP contribution is -2.30. The topological polar surface area (TPSA) is 237 Å². The zero-order valence-corrected chi connectivity index (χ0v) is 65.9. The summed E-state index contributed by atoms with van der Waals surface area (Å²) in [5.74, 6) is -0.624. The van der Waals surface area contributed by atoms with E-state index in [4.69, 9.17) is 37.0 Å². The first kappa shape index (κ1) is 96.1. The minimum Gasteiger partial charge on any atom is -0.462 e. The van der Waals surface area contributed by atoms with E-state index in [1.165, 1.54) is 225 Å². The van der Waals surface area contributed by atoms with Crippen molar-refractivity contribution in [3.63, 3.8) is 0 Å². The molecule has 0 saturated heterocycles. The van der Waals surface area contributed by atoms with Crippen LogP contribution in [0, 0.1) is 11.8 Å². The van der Waals surface area contributed by atoms with Gasteiger partial charge in [0.25, 0.3) is 0 Å². The van der Waals surface area contributed by atoms with Gasteiger partial charge in [0.1, 0.15) is 19.3 Å². The average molecular weight is 1440 g/mol. The summed E-state index contributed by atoms with van der Waals surface area (Å²) in [6.45, 7) is 9.57. The first-order valence-electron chi connectivity index (χ1n) is 41.0. The molecule has 0 aliphatic carbocycles. The van der Waals surface area contributed by atoms with Gasteiger partial charge in [-0.3, -0.25) is 37.3 Å². The molecular weight excluding hydrogens is 1280 g/mol. The van der Waals surface area contributed by atoms with Crippen LogP contribution < -0.4 is 0 Å². The fourth-order valence-electron chi connectivity index (χ4n) is 12.2. The minimum atomic E-state index is -4.96. The molecule has 0 aromatic carbocycles. The maximum atomic E-state index is 13.1. The summed E-state index contributed by atoms with van der Waals surface area (Å²) in [5.41, 5.74) is 0. The van der Waals surface area contributed by atoms with E-state index in [1.807, 2.05) is 0 Å². The van der Waals surface area contributed by atoms with Crippen molar-refractivity contribution < 1.29 is 80.2 Å². The van der Waals surface area contributed by atoms with Crippen molar-refractivity contribution in [2.45, 2.75) is 432 Å². The van der Waals surface area contributed by atoms with Gasteiger partial charge in [-0.15, -0.1) is 0 Å². The molecule has 3 N–H and O–H groups in total. The minimum absolute atomic E-state index is 0.107. The van der Waals surface area contributed by atoms with Crippen LogP contribution in [-0.2, 0) is 65.4 Å². The highest BCUT2D eigenvalue weighted by atomic mass is 31.2. The average Bonchev–Trinajstić information content (AvgIpc) is 0.987. The number of hydrogen-bond acceptors (Lipinski definition) is 15. The molecule has 0 aliphatic heterocycles. The molecular formula is C79H154O17P2. The molecule has 17 nitrogen and oxygen atoms in total. The monoisotopic (exact) mass is 1440 g/mol. The number of aliphatic hydroxyl groups is 1. The van der Waals surface area contributed by atoms with Crippen LogP contribution in [0.5, 0.6) is 0 Å². The largest absolute Gasteiger partial charge is 0.472 e. The van der Waals surface area contributed by atoms with Crippen molar-refractivity contribution in [1.82, 2.24) is 0 Å². The summed E-state index contributed by atoms with van der Waals surface area (Å²) in [7, 11) is -9.91. The van der Waals surface area contributed by atoms with Crippen molar-refractivity contribution in [1.29, 1.82) is 0 Å². The van der Waals surface area contributed by atoms with Crippen molar-refractivity contribution in [2.75, 3.05) is 39.6 Å². The molecule has 582 valence electrons. The Morgan fingerprint density at radius 2 is 0.520 bits per heavy atom. The number of ether oxygens (including phenoxy) is 4. The van der Waals surface area contributed by atoms with Crippen LogP contribution >= 0.6 is 15.6 Å². The van der Waals surface area contributed by atoms with Crippen LogP contribution in [-0.4, -0.2) is 96.7 Å². The first-order chi connectivity index (χ1) is 47.4. The zero-order chi connectivity index (χ0) is 72.1. The third-order valence-corrected chi connectivity index (χ3v) is 20.7. The summed E-state index contributed by atoms with van der Waals surface area (Å²) in [5, 5.41) is 10.6. The summed E-state index contributed by atoms with van der Waals surface area (Å²) in [4.78, 5) is 72.9. The molecule has 0 heterocycles. The Labute approximate surface area is 600 Å².